The Kier molecular flexibility index (Phi) is 4.47. The summed E-state index contributed by atoms with van der Waals surface area (Å²) in [6, 6.07) is 15.3. The van der Waals surface area contributed by atoms with Crippen molar-refractivity contribution in [2.24, 2.45) is 11.8 Å². The molecule has 4 nitrogen and oxygen atoms in total. The third-order valence-electron chi connectivity index (χ3n) is 5.67. The largest absolute Gasteiger partial charge is 0.368 e. The van der Waals surface area contributed by atoms with Crippen molar-refractivity contribution in [2.75, 3.05) is 23.3 Å². The molecule has 7 heteroatoms. The second kappa shape index (κ2) is 7.15. The SMILES string of the molecule is O=C(Nc1cccc(-c2cccs2)c1)N[C@H]1[C@@H]2CN(c3ccc(F)cc3F)C[C@@H]21. The van der Waals surface area contributed by atoms with Crippen molar-refractivity contribution >= 4 is 28.7 Å². The standard InChI is InChI=1S/C22H19F2N3OS/c23-14-6-7-19(18(24)10-14)27-11-16-17(12-27)21(16)26-22(28)25-15-4-1-3-13(9-15)20-5-2-8-29-20/h1-10,16-17,21H,11-12H2,(H2,25,26,28)/t16-,17+,21+. The highest BCUT2D eigenvalue weighted by Gasteiger charge is 2.56. The number of carbonyl (C=O) groups excluding carboxylic acids is 1. The lowest BCUT2D eigenvalue weighted by Gasteiger charge is -2.23. The molecule has 1 saturated carbocycles. The van der Waals surface area contributed by atoms with Crippen molar-refractivity contribution < 1.29 is 13.6 Å². The van der Waals surface area contributed by atoms with E-state index >= 15 is 0 Å². The number of piperidine rings is 1. The van der Waals surface area contributed by atoms with Crippen LogP contribution in [0.25, 0.3) is 10.4 Å². The number of hydrogen-bond donors (Lipinski definition) is 2. The van der Waals surface area contributed by atoms with Gasteiger partial charge < -0.3 is 15.5 Å². The van der Waals surface area contributed by atoms with Gasteiger partial charge in [-0.1, -0.05) is 18.2 Å². The van der Waals surface area contributed by atoms with Gasteiger partial charge in [0, 0.05) is 47.6 Å². The van der Waals surface area contributed by atoms with E-state index in [1.165, 1.54) is 12.1 Å². The molecule has 1 aliphatic carbocycles. The number of thiophene rings is 1. The summed E-state index contributed by atoms with van der Waals surface area (Å²) in [4.78, 5) is 15.5. The Bertz CT molecular complexity index is 1040. The van der Waals surface area contributed by atoms with Crippen LogP contribution in [0.2, 0.25) is 0 Å². The number of hydrogen-bond acceptors (Lipinski definition) is 3. The molecule has 2 aliphatic rings. The third kappa shape index (κ3) is 3.58. The Morgan fingerprint density at radius 2 is 1.86 bits per heavy atom. The lowest BCUT2D eigenvalue weighted by atomic mass is 10.1. The van der Waals surface area contributed by atoms with E-state index in [1.807, 2.05) is 46.7 Å². The summed E-state index contributed by atoms with van der Waals surface area (Å²) in [6.45, 7) is 1.32. The molecule has 1 aromatic heterocycles. The van der Waals surface area contributed by atoms with Gasteiger partial charge in [0.15, 0.2) is 0 Å². The van der Waals surface area contributed by atoms with Crippen LogP contribution >= 0.6 is 11.3 Å². The van der Waals surface area contributed by atoms with Gasteiger partial charge in [-0.15, -0.1) is 11.3 Å². The van der Waals surface area contributed by atoms with Crippen molar-refractivity contribution in [3.05, 3.63) is 71.6 Å². The fourth-order valence-corrected chi connectivity index (χ4v) is 4.91. The molecule has 3 aromatic rings. The second-order valence-electron chi connectivity index (χ2n) is 7.51. The summed E-state index contributed by atoms with van der Waals surface area (Å²) in [5.74, 6) is -0.528. The Morgan fingerprint density at radius 1 is 1.03 bits per heavy atom. The topological polar surface area (TPSA) is 44.4 Å². The molecule has 0 bridgehead atoms. The molecule has 3 atom stereocenters. The van der Waals surface area contributed by atoms with Gasteiger partial charge in [-0.05, 0) is 41.3 Å². The lowest BCUT2D eigenvalue weighted by Crippen LogP contribution is -2.37. The average Bonchev–Trinajstić information content (AvgIpc) is 3.13. The fraction of sp³-hybridized carbons (Fsp3) is 0.227. The minimum absolute atomic E-state index is 0.0928. The van der Waals surface area contributed by atoms with E-state index in [0.29, 0.717) is 30.6 Å². The molecule has 1 saturated heterocycles. The zero-order valence-electron chi connectivity index (χ0n) is 15.4. The predicted octanol–water partition coefficient (Wildman–Crippen LogP) is 4.95. The Hall–Kier alpha value is -2.93. The van der Waals surface area contributed by atoms with Crippen molar-refractivity contribution in [3.63, 3.8) is 0 Å². The molecule has 1 aliphatic heterocycles. The highest BCUT2D eigenvalue weighted by Crippen LogP contribution is 2.47. The van der Waals surface area contributed by atoms with E-state index in [9.17, 15) is 13.6 Å². The number of carbonyl (C=O) groups is 1. The van der Waals surface area contributed by atoms with E-state index in [4.69, 9.17) is 0 Å². The highest BCUT2D eigenvalue weighted by molar-refractivity contribution is 7.13. The van der Waals surface area contributed by atoms with Crippen LogP contribution in [0.1, 0.15) is 0 Å². The average molecular weight is 411 g/mol. The molecule has 29 heavy (non-hydrogen) atoms. The number of rotatable bonds is 4. The molecule has 5 rings (SSSR count). The molecule has 148 valence electrons. The molecule has 2 fully saturated rings. The van der Waals surface area contributed by atoms with Crippen molar-refractivity contribution in [1.82, 2.24) is 5.32 Å². The molecular weight excluding hydrogens is 392 g/mol. The molecule has 0 radical (unpaired) electrons. The van der Waals surface area contributed by atoms with Gasteiger partial charge >= 0.3 is 6.03 Å². The summed E-state index contributed by atoms with van der Waals surface area (Å²) >= 11 is 1.66. The first-order valence-corrected chi connectivity index (χ1v) is 10.4. The first-order chi connectivity index (χ1) is 14.1. The molecule has 2 aromatic carbocycles. The maximum absolute atomic E-state index is 14.0. The Morgan fingerprint density at radius 3 is 2.59 bits per heavy atom. The Balaban J connectivity index is 1.17. The maximum Gasteiger partial charge on any atom is 0.319 e. The number of nitrogens with one attached hydrogen (secondary N) is 2. The van der Waals surface area contributed by atoms with Gasteiger partial charge in [-0.2, -0.15) is 0 Å². The van der Waals surface area contributed by atoms with E-state index in [2.05, 4.69) is 10.6 Å². The monoisotopic (exact) mass is 411 g/mol. The van der Waals surface area contributed by atoms with Crippen molar-refractivity contribution in [3.8, 4) is 10.4 Å². The smallest absolute Gasteiger partial charge is 0.319 e. The summed E-state index contributed by atoms with van der Waals surface area (Å²) < 4.78 is 27.1. The van der Waals surface area contributed by atoms with Crippen LogP contribution in [0.5, 0.6) is 0 Å². The van der Waals surface area contributed by atoms with Crippen LogP contribution in [-0.4, -0.2) is 25.2 Å². The van der Waals surface area contributed by atoms with Gasteiger partial charge in [-0.25, -0.2) is 13.6 Å². The number of urea groups is 1. The number of benzene rings is 2. The van der Waals surface area contributed by atoms with E-state index in [1.54, 1.807) is 11.3 Å². The van der Waals surface area contributed by atoms with Crippen LogP contribution in [-0.2, 0) is 0 Å². The molecule has 2 amide bonds. The number of amides is 2. The van der Waals surface area contributed by atoms with Gasteiger partial charge in [0.1, 0.15) is 11.6 Å². The first-order valence-electron chi connectivity index (χ1n) is 9.50. The minimum Gasteiger partial charge on any atom is -0.368 e. The van der Waals surface area contributed by atoms with Gasteiger partial charge in [0.05, 0.1) is 5.69 Å². The van der Waals surface area contributed by atoms with Crippen molar-refractivity contribution in [1.29, 1.82) is 0 Å². The van der Waals surface area contributed by atoms with Crippen LogP contribution in [0, 0.1) is 23.5 Å². The Labute approximate surface area is 171 Å². The molecule has 2 heterocycles. The van der Waals surface area contributed by atoms with Crippen LogP contribution < -0.4 is 15.5 Å². The fourth-order valence-electron chi connectivity index (χ4n) is 4.19. The first kappa shape index (κ1) is 18.1. The summed E-state index contributed by atoms with van der Waals surface area (Å²) in [5, 5.41) is 7.95. The van der Waals surface area contributed by atoms with Gasteiger partial charge in [0.2, 0.25) is 0 Å². The quantitative estimate of drug-likeness (QED) is 0.638. The predicted molar refractivity (Wildman–Crippen MR) is 111 cm³/mol. The minimum atomic E-state index is -0.574. The van der Waals surface area contributed by atoms with Crippen LogP contribution in [0.15, 0.2) is 60.0 Å². The molecular formula is C22H19F2N3OS. The summed E-state index contributed by atoms with van der Waals surface area (Å²) in [6.07, 6.45) is 0. The number of anilines is 2. The normalized spacial score (nSPS) is 22.3. The second-order valence-corrected chi connectivity index (χ2v) is 8.46. The highest BCUT2D eigenvalue weighted by atomic mass is 32.1. The van der Waals surface area contributed by atoms with Crippen molar-refractivity contribution in [2.45, 2.75) is 6.04 Å². The number of nitrogens with zero attached hydrogens (tertiary/aromatic N) is 1. The molecule has 0 spiro atoms. The van der Waals surface area contributed by atoms with E-state index < -0.39 is 11.6 Å². The third-order valence-corrected chi connectivity index (χ3v) is 6.59. The zero-order chi connectivity index (χ0) is 20.0. The summed E-state index contributed by atoms with van der Waals surface area (Å²) in [5.41, 5.74) is 2.24. The summed E-state index contributed by atoms with van der Waals surface area (Å²) in [7, 11) is 0. The van der Waals surface area contributed by atoms with E-state index in [0.717, 1.165) is 22.2 Å². The van der Waals surface area contributed by atoms with Crippen LogP contribution in [0.3, 0.4) is 0 Å². The van der Waals surface area contributed by atoms with Crippen LogP contribution in [0.4, 0.5) is 25.0 Å². The van der Waals surface area contributed by atoms with E-state index in [-0.39, 0.29) is 12.1 Å². The van der Waals surface area contributed by atoms with Gasteiger partial charge in [-0.3, -0.25) is 0 Å². The zero-order valence-corrected chi connectivity index (χ0v) is 16.3. The lowest BCUT2D eigenvalue weighted by molar-refractivity contribution is 0.250. The molecule has 0 unspecified atom stereocenters. The number of halogens is 2. The number of fused-ring (bicyclic) bond motifs is 1. The molecule has 2 N–H and O–H groups in total. The maximum atomic E-state index is 14.0. The van der Waals surface area contributed by atoms with Gasteiger partial charge in [0.25, 0.3) is 0 Å².